The second-order valence-corrected chi connectivity index (χ2v) is 6.80. The summed E-state index contributed by atoms with van der Waals surface area (Å²) in [6.07, 6.45) is 3.63. The van der Waals surface area contributed by atoms with Crippen LogP contribution in [-0.2, 0) is 18.3 Å². The molecule has 0 saturated carbocycles. The van der Waals surface area contributed by atoms with E-state index in [0.717, 1.165) is 35.7 Å². The monoisotopic (exact) mass is 373 g/mol. The highest BCUT2D eigenvalue weighted by Gasteiger charge is 2.26. The maximum atomic E-state index is 6.52. The summed E-state index contributed by atoms with van der Waals surface area (Å²) < 4.78 is 12.8. The maximum absolute atomic E-state index is 6.52. The van der Waals surface area contributed by atoms with Crippen molar-refractivity contribution in [1.29, 1.82) is 0 Å². The SMILES string of the molecule is Cc1cc(-c2nn(C)c(Cl)c2CN2CCO[C@@H](c3cccnc3)C2)no1. The van der Waals surface area contributed by atoms with Gasteiger partial charge in [-0.25, -0.2) is 0 Å². The summed E-state index contributed by atoms with van der Waals surface area (Å²) in [7, 11) is 1.83. The molecule has 4 heterocycles. The third-order valence-corrected chi connectivity index (χ3v) is 5.00. The molecule has 1 saturated heterocycles. The number of nitrogens with zero attached hydrogens (tertiary/aromatic N) is 5. The van der Waals surface area contributed by atoms with Gasteiger partial charge in [-0.2, -0.15) is 5.10 Å². The van der Waals surface area contributed by atoms with Gasteiger partial charge in [0.25, 0.3) is 0 Å². The number of aromatic nitrogens is 4. The fourth-order valence-corrected chi connectivity index (χ4v) is 3.40. The highest BCUT2D eigenvalue weighted by atomic mass is 35.5. The van der Waals surface area contributed by atoms with Gasteiger partial charge in [-0.05, 0) is 13.0 Å². The zero-order valence-corrected chi connectivity index (χ0v) is 15.5. The Hall–Kier alpha value is -2.22. The predicted molar refractivity (Wildman–Crippen MR) is 96.7 cm³/mol. The first-order chi connectivity index (χ1) is 12.6. The number of aryl methyl sites for hydroxylation is 2. The molecule has 8 heteroatoms. The maximum Gasteiger partial charge on any atom is 0.134 e. The van der Waals surface area contributed by atoms with Crippen LogP contribution >= 0.6 is 11.6 Å². The van der Waals surface area contributed by atoms with Gasteiger partial charge in [-0.3, -0.25) is 14.6 Å². The number of halogens is 1. The van der Waals surface area contributed by atoms with E-state index in [1.165, 1.54) is 0 Å². The van der Waals surface area contributed by atoms with E-state index in [9.17, 15) is 0 Å². The van der Waals surface area contributed by atoms with Gasteiger partial charge in [0.1, 0.15) is 22.3 Å². The van der Waals surface area contributed by atoms with Crippen molar-refractivity contribution >= 4 is 11.6 Å². The first kappa shape index (κ1) is 17.2. The number of rotatable bonds is 4. The average molecular weight is 374 g/mol. The molecule has 0 N–H and O–H groups in total. The number of pyridine rings is 1. The van der Waals surface area contributed by atoms with E-state index >= 15 is 0 Å². The number of ether oxygens (including phenoxy) is 1. The van der Waals surface area contributed by atoms with E-state index < -0.39 is 0 Å². The molecular formula is C18H20ClN5O2. The van der Waals surface area contributed by atoms with Crippen molar-refractivity contribution in [3.63, 3.8) is 0 Å². The lowest BCUT2D eigenvalue weighted by Crippen LogP contribution is -2.38. The van der Waals surface area contributed by atoms with Crippen LogP contribution in [0.25, 0.3) is 11.4 Å². The highest BCUT2D eigenvalue weighted by Crippen LogP contribution is 2.31. The van der Waals surface area contributed by atoms with Crippen molar-refractivity contribution in [3.8, 4) is 11.4 Å². The van der Waals surface area contributed by atoms with E-state index in [1.54, 1.807) is 10.9 Å². The van der Waals surface area contributed by atoms with Crippen LogP contribution in [0.15, 0.2) is 35.1 Å². The molecule has 7 nitrogen and oxygen atoms in total. The van der Waals surface area contributed by atoms with Gasteiger partial charge in [-0.15, -0.1) is 0 Å². The lowest BCUT2D eigenvalue weighted by Gasteiger charge is -2.33. The molecule has 136 valence electrons. The fraction of sp³-hybridized carbons (Fsp3) is 0.389. The quantitative estimate of drug-likeness (QED) is 0.700. The van der Waals surface area contributed by atoms with Crippen molar-refractivity contribution in [1.82, 2.24) is 24.8 Å². The van der Waals surface area contributed by atoms with E-state index in [-0.39, 0.29) is 6.10 Å². The second kappa shape index (κ2) is 7.19. The van der Waals surface area contributed by atoms with Crippen LogP contribution in [0.4, 0.5) is 0 Å². The molecule has 3 aromatic rings. The molecule has 1 atom stereocenters. The Morgan fingerprint density at radius 1 is 1.38 bits per heavy atom. The van der Waals surface area contributed by atoms with Gasteiger partial charge >= 0.3 is 0 Å². The Morgan fingerprint density at radius 3 is 3.00 bits per heavy atom. The summed E-state index contributed by atoms with van der Waals surface area (Å²) in [5.74, 6) is 0.746. The van der Waals surface area contributed by atoms with Gasteiger partial charge in [-0.1, -0.05) is 22.8 Å². The van der Waals surface area contributed by atoms with Gasteiger partial charge in [0.2, 0.25) is 0 Å². The molecule has 4 rings (SSSR count). The average Bonchev–Trinajstić information content (AvgIpc) is 3.21. The van der Waals surface area contributed by atoms with Crippen LogP contribution < -0.4 is 0 Å². The van der Waals surface area contributed by atoms with Crippen LogP contribution in [-0.4, -0.2) is 44.5 Å². The third kappa shape index (κ3) is 3.38. The third-order valence-electron chi connectivity index (χ3n) is 4.53. The molecule has 1 aliphatic heterocycles. The molecule has 0 aromatic carbocycles. The Labute approximate surface area is 156 Å². The van der Waals surface area contributed by atoms with Crippen molar-refractivity contribution in [2.75, 3.05) is 19.7 Å². The summed E-state index contributed by atoms with van der Waals surface area (Å²) in [6, 6.07) is 5.85. The molecule has 0 amide bonds. The van der Waals surface area contributed by atoms with Crippen LogP contribution in [0.2, 0.25) is 5.15 Å². The molecule has 0 unspecified atom stereocenters. The molecule has 3 aromatic heterocycles. The summed E-state index contributed by atoms with van der Waals surface area (Å²) >= 11 is 6.52. The Morgan fingerprint density at radius 2 is 2.27 bits per heavy atom. The lowest BCUT2D eigenvalue weighted by atomic mass is 10.1. The molecule has 0 radical (unpaired) electrons. The van der Waals surface area contributed by atoms with Crippen molar-refractivity contribution < 1.29 is 9.26 Å². The fourth-order valence-electron chi connectivity index (χ4n) is 3.21. The molecule has 0 aliphatic carbocycles. The van der Waals surface area contributed by atoms with Crippen LogP contribution in [0, 0.1) is 6.92 Å². The van der Waals surface area contributed by atoms with E-state index in [2.05, 4.69) is 20.1 Å². The zero-order valence-electron chi connectivity index (χ0n) is 14.7. The van der Waals surface area contributed by atoms with E-state index in [0.29, 0.717) is 24.0 Å². The summed E-state index contributed by atoms with van der Waals surface area (Å²) in [6.45, 7) is 4.80. The van der Waals surface area contributed by atoms with Crippen molar-refractivity contribution in [2.45, 2.75) is 19.6 Å². The lowest BCUT2D eigenvalue weighted by molar-refractivity contribution is -0.0330. The zero-order chi connectivity index (χ0) is 18.1. The first-order valence-corrected chi connectivity index (χ1v) is 8.88. The minimum atomic E-state index is 0.00522. The Kier molecular flexibility index (Phi) is 4.76. The van der Waals surface area contributed by atoms with Crippen LogP contribution in [0.5, 0.6) is 0 Å². The van der Waals surface area contributed by atoms with Gasteiger partial charge in [0.15, 0.2) is 0 Å². The van der Waals surface area contributed by atoms with Gasteiger partial charge < -0.3 is 9.26 Å². The topological polar surface area (TPSA) is 69.2 Å². The van der Waals surface area contributed by atoms with Crippen LogP contribution in [0.1, 0.15) is 23.0 Å². The normalized spacial score (nSPS) is 18.3. The largest absolute Gasteiger partial charge is 0.371 e. The highest BCUT2D eigenvalue weighted by molar-refractivity contribution is 6.30. The van der Waals surface area contributed by atoms with Gasteiger partial charge in [0, 0.05) is 56.3 Å². The Bertz CT molecular complexity index is 892. The molecule has 0 bridgehead atoms. The Balaban J connectivity index is 1.57. The molecule has 0 spiro atoms. The standard InChI is InChI=1S/C18H20ClN5O2/c1-12-8-15(22-26-12)17-14(18(19)23(2)21-17)10-24-6-7-25-16(11-24)13-4-3-5-20-9-13/h3-5,8-9,16H,6-7,10-11H2,1-2H3/t16-/m1/s1. The van der Waals surface area contributed by atoms with Gasteiger partial charge in [0.05, 0.1) is 12.7 Å². The molecule has 1 fully saturated rings. The van der Waals surface area contributed by atoms with E-state index in [1.807, 2.05) is 38.4 Å². The summed E-state index contributed by atoms with van der Waals surface area (Å²) in [5.41, 5.74) is 3.51. The smallest absolute Gasteiger partial charge is 0.134 e. The number of hydrogen-bond acceptors (Lipinski definition) is 6. The van der Waals surface area contributed by atoms with Crippen molar-refractivity contribution in [2.24, 2.45) is 7.05 Å². The van der Waals surface area contributed by atoms with E-state index in [4.69, 9.17) is 20.9 Å². The molecular weight excluding hydrogens is 354 g/mol. The predicted octanol–water partition coefficient (Wildman–Crippen LogP) is 3.01. The molecule has 1 aliphatic rings. The molecule has 26 heavy (non-hydrogen) atoms. The minimum Gasteiger partial charge on any atom is -0.371 e. The second-order valence-electron chi connectivity index (χ2n) is 6.45. The van der Waals surface area contributed by atoms with Crippen molar-refractivity contribution in [3.05, 3.63) is 52.6 Å². The summed E-state index contributed by atoms with van der Waals surface area (Å²) in [5, 5.41) is 9.24. The van der Waals surface area contributed by atoms with Crippen LogP contribution in [0.3, 0.4) is 0 Å². The number of morpholine rings is 1. The number of hydrogen-bond donors (Lipinski definition) is 0. The first-order valence-electron chi connectivity index (χ1n) is 8.51. The minimum absolute atomic E-state index is 0.00522. The summed E-state index contributed by atoms with van der Waals surface area (Å²) in [4.78, 5) is 6.51.